The quantitative estimate of drug-likeness (QED) is 0.783. The van der Waals surface area contributed by atoms with E-state index in [-0.39, 0.29) is 24.4 Å². The maximum atomic E-state index is 11.8. The van der Waals surface area contributed by atoms with Crippen LogP contribution in [-0.4, -0.2) is 18.5 Å². The van der Waals surface area contributed by atoms with Crippen molar-refractivity contribution >= 4 is 29.3 Å². The van der Waals surface area contributed by atoms with Crippen LogP contribution in [0, 0.1) is 19.8 Å². The van der Waals surface area contributed by atoms with Crippen molar-refractivity contribution in [1.82, 2.24) is 0 Å². The zero-order valence-electron chi connectivity index (χ0n) is 14.4. The Kier molecular flexibility index (Phi) is 5.43. The molecule has 1 aliphatic rings. The number of benzene rings is 2. The molecule has 25 heavy (non-hydrogen) atoms. The van der Waals surface area contributed by atoms with Gasteiger partial charge in [0.25, 0.3) is 5.91 Å². The molecular formula is C20H21NO3S. The molecule has 0 aromatic heterocycles. The number of hydrogen-bond acceptors (Lipinski definition) is 4. The van der Waals surface area contributed by atoms with E-state index in [1.807, 2.05) is 24.3 Å². The average molecular weight is 355 g/mol. The normalized spacial score (nSPS) is 13.4. The second-order valence-electron chi connectivity index (χ2n) is 6.33. The molecule has 1 amide bonds. The predicted molar refractivity (Wildman–Crippen MR) is 98.8 cm³/mol. The van der Waals surface area contributed by atoms with Crippen LogP contribution in [-0.2, 0) is 14.3 Å². The highest BCUT2D eigenvalue weighted by Gasteiger charge is 2.31. The highest BCUT2D eigenvalue weighted by atomic mass is 32.2. The maximum Gasteiger partial charge on any atom is 0.309 e. The Labute approximate surface area is 152 Å². The molecule has 0 heterocycles. The third-order valence-corrected chi connectivity index (χ3v) is 5.13. The van der Waals surface area contributed by atoms with Crippen LogP contribution in [0.2, 0.25) is 0 Å². The standard InChI is InChI=1S/C20H21NO3S/c1-13-3-4-14(2)18(11-13)25-17-9-7-16(8-10-17)21-19(22)12-24-20(23)15-5-6-15/h3-4,7-11,15H,5-6,12H2,1-2H3,(H,21,22). The number of hydrogen-bond donors (Lipinski definition) is 1. The third kappa shape index (κ3) is 5.10. The van der Waals surface area contributed by atoms with Crippen molar-refractivity contribution in [1.29, 1.82) is 0 Å². The van der Waals surface area contributed by atoms with E-state index in [4.69, 9.17) is 4.74 Å². The van der Waals surface area contributed by atoms with Crippen LogP contribution in [0.15, 0.2) is 52.3 Å². The van der Waals surface area contributed by atoms with E-state index in [1.54, 1.807) is 11.8 Å². The molecule has 3 rings (SSSR count). The van der Waals surface area contributed by atoms with E-state index in [1.165, 1.54) is 16.0 Å². The largest absolute Gasteiger partial charge is 0.455 e. The lowest BCUT2D eigenvalue weighted by atomic mass is 10.2. The lowest BCUT2D eigenvalue weighted by molar-refractivity contribution is -0.148. The smallest absolute Gasteiger partial charge is 0.309 e. The summed E-state index contributed by atoms with van der Waals surface area (Å²) in [6.07, 6.45) is 1.75. The summed E-state index contributed by atoms with van der Waals surface area (Å²) in [6, 6.07) is 14.0. The van der Waals surface area contributed by atoms with Gasteiger partial charge in [-0.15, -0.1) is 0 Å². The molecule has 5 heteroatoms. The van der Waals surface area contributed by atoms with E-state index in [9.17, 15) is 9.59 Å². The van der Waals surface area contributed by atoms with Gasteiger partial charge in [0.2, 0.25) is 0 Å². The highest BCUT2D eigenvalue weighted by molar-refractivity contribution is 7.99. The molecule has 0 saturated heterocycles. The molecule has 0 bridgehead atoms. The minimum absolute atomic E-state index is 0.00851. The summed E-state index contributed by atoms with van der Waals surface area (Å²) in [4.78, 5) is 25.6. The van der Waals surface area contributed by atoms with Gasteiger partial charge >= 0.3 is 5.97 Å². The van der Waals surface area contributed by atoms with Crippen LogP contribution in [0.1, 0.15) is 24.0 Å². The van der Waals surface area contributed by atoms with Crippen LogP contribution in [0.3, 0.4) is 0 Å². The fraction of sp³-hybridized carbons (Fsp3) is 0.300. The van der Waals surface area contributed by atoms with Gasteiger partial charge in [-0.2, -0.15) is 0 Å². The fourth-order valence-corrected chi connectivity index (χ4v) is 3.32. The minimum Gasteiger partial charge on any atom is -0.455 e. The summed E-state index contributed by atoms with van der Waals surface area (Å²) in [5.74, 6) is -0.575. The SMILES string of the molecule is Cc1ccc(C)c(Sc2ccc(NC(=O)COC(=O)C3CC3)cc2)c1. The van der Waals surface area contributed by atoms with E-state index >= 15 is 0 Å². The molecule has 1 N–H and O–H groups in total. The fourth-order valence-electron chi connectivity index (χ4n) is 2.32. The van der Waals surface area contributed by atoms with Crippen LogP contribution >= 0.6 is 11.8 Å². The summed E-state index contributed by atoms with van der Waals surface area (Å²) < 4.78 is 4.97. The Balaban J connectivity index is 1.53. The van der Waals surface area contributed by atoms with E-state index in [0.29, 0.717) is 5.69 Å². The first kappa shape index (κ1) is 17.5. The lowest BCUT2D eigenvalue weighted by Gasteiger charge is -2.09. The zero-order valence-corrected chi connectivity index (χ0v) is 15.2. The number of ether oxygens (including phenoxy) is 1. The van der Waals surface area contributed by atoms with Gasteiger partial charge in [-0.05, 0) is 68.1 Å². The number of rotatable bonds is 6. The highest BCUT2D eigenvalue weighted by Crippen LogP contribution is 2.32. The monoisotopic (exact) mass is 355 g/mol. The van der Waals surface area contributed by atoms with Gasteiger partial charge < -0.3 is 10.1 Å². The Morgan fingerprint density at radius 1 is 1.12 bits per heavy atom. The van der Waals surface area contributed by atoms with Gasteiger partial charge in [-0.1, -0.05) is 23.9 Å². The maximum absolute atomic E-state index is 11.8. The molecule has 1 aliphatic carbocycles. The average Bonchev–Trinajstić information content (AvgIpc) is 3.43. The van der Waals surface area contributed by atoms with Crippen molar-refractivity contribution in [3.8, 4) is 0 Å². The van der Waals surface area contributed by atoms with Crippen molar-refractivity contribution in [2.75, 3.05) is 11.9 Å². The summed E-state index contributed by atoms with van der Waals surface area (Å²) in [5, 5.41) is 2.74. The van der Waals surface area contributed by atoms with E-state index in [0.717, 1.165) is 17.7 Å². The molecule has 130 valence electrons. The van der Waals surface area contributed by atoms with Crippen molar-refractivity contribution < 1.29 is 14.3 Å². The number of esters is 1. The minimum atomic E-state index is -0.316. The molecule has 0 aliphatic heterocycles. The van der Waals surface area contributed by atoms with Gasteiger partial charge in [-0.3, -0.25) is 9.59 Å². The van der Waals surface area contributed by atoms with Gasteiger partial charge in [0.15, 0.2) is 6.61 Å². The number of carbonyl (C=O) groups excluding carboxylic acids is 2. The first-order valence-electron chi connectivity index (χ1n) is 8.33. The van der Waals surface area contributed by atoms with Gasteiger partial charge in [0.1, 0.15) is 0 Å². The van der Waals surface area contributed by atoms with Crippen molar-refractivity contribution in [2.45, 2.75) is 36.5 Å². The van der Waals surface area contributed by atoms with Gasteiger partial charge in [0, 0.05) is 15.5 Å². The molecule has 2 aromatic rings. The number of amides is 1. The van der Waals surface area contributed by atoms with Gasteiger partial charge in [0.05, 0.1) is 5.92 Å². The second kappa shape index (κ2) is 7.74. The Morgan fingerprint density at radius 2 is 1.84 bits per heavy atom. The lowest BCUT2D eigenvalue weighted by Crippen LogP contribution is -2.21. The third-order valence-electron chi connectivity index (χ3n) is 3.97. The van der Waals surface area contributed by atoms with Crippen molar-refractivity contribution in [2.24, 2.45) is 5.92 Å². The molecule has 2 aromatic carbocycles. The van der Waals surface area contributed by atoms with Crippen molar-refractivity contribution in [3.63, 3.8) is 0 Å². The molecule has 0 atom stereocenters. The van der Waals surface area contributed by atoms with Crippen LogP contribution in [0.5, 0.6) is 0 Å². The predicted octanol–water partition coefficient (Wildman–Crippen LogP) is 4.35. The van der Waals surface area contributed by atoms with E-state index < -0.39 is 0 Å². The first-order chi connectivity index (χ1) is 12.0. The summed E-state index contributed by atoms with van der Waals surface area (Å²) in [5.41, 5.74) is 3.17. The molecule has 1 saturated carbocycles. The Bertz CT molecular complexity index is 782. The zero-order chi connectivity index (χ0) is 17.8. The summed E-state index contributed by atoms with van der Waals surface area (Å²) in [6.45, 7) is 3.95. The molecule has 0 radical (unpaired) electrons. The molecule has 4 nitrogen and oxygen atoms in total. The number of nitrogens with one attached hydrogen (secondary N) is 1. The first-order valence-corrected chi connectivity index (χ1v) is 9.14. The molecule has 1 fully saturated rings. The van der Waals surface area contributed by atoms with Crippen LogP contribution in [0.25, 0.3) is 0 Å². The van der Waals surface area contributed by atoms with Crippen molar-refractivity contribution in [3.05, 3.63) is 53.6 Å². The Hall–Kier alpha value is -2.27. The summed E-state index contributed by atoms with van der Waals surface area (Å²) in [7, 11) is 0. The van der Waals surface area contributed by atoms with Crippen LogP contribution in [0.4, 0.5) is 5.69 Å². The Morgan fingerprint density at radius 3 is 2.52 bits per heavy atom. The van der Waals surface area contributed by atoms with Gasteiger partial charge in [-0.25, -0.2) is 0 Å². The summed E-state index contributed by atoms with van der Waals surface area (Å²) >= 11 is 1.70. The number of anilines is 1. The van der Waals surface area contributed by atoms with E-state index in [2.05, 4.69) is 37.4 Å². The molecular weight excluding hydrogens is 334 g/mol. The second-order valence-corrected chi connectivity index (χ2v) is 7.44. The topological polar surface area (TPSA) is 55.4 Å². The number of carbonyl (C=O) groups is 2. The number of aryl methyl sites for hydroxylation is 2. The molecule has 0 spiro atoms. The molecule has 0 unspecified atom stereocenters. The van der Waals surface area contributed by atoms with Crippen LogP contribution < -0.4 is 5.32 Å².